The Morgan fingerprint density at radius 2 is 1.48 bits per heavy atom. The zero-order chi connectivity index (χ0) is 14.5. The predicted molar refractivity (Wildman–Crippen MR) is 90.6 cm³/mol. The smallest absolute Gasteiger partial charge is 0.137 e. The lowest BCUT2D eigenvalue weighted by atomic mass is 10.4. The molecule has 0 radical (unpaired) electrons. The highest BCUT2D eigenvalue weighted by Gasteiger charge is 2.35. The highest BCUT2D eigenvalue weighted by atomic mass is 28.3. The average molecular weight is 292 g/mol. The first-order valence-electron chi connectivity index (χ1n) is 7.42. The van der Waals surface area contributed by atoms with Gasteiger partial charge in [0.25, 0.3) is 0 Å². The van der Waals surface area contributed by atoms with E-state index in [0.717, 1.165) is 6.17 Å². The monoisotopic (exact) mass is 292 g/mol. The number of hydrogen-bond donors (Lipinski definition) is 0. The maximum absolute atomic E-state index is 4.21. The van der Waals surface area contributed by atoms with Crippen LogP contribution in [0.1, 0.15) is 6.92 Å². The number of nitrogens with zero attached hydrogens (tertiary/aromatic N) is 2. The van der Waals surface area contributed by atoms with Gasteiger partial charge in [0.1, 0.15) is 8.07 Å². The second-order valence-corrected chi connectivity index (χ2v) is 9.74. The summed E-state index contributed by atoms with van der Waals surface area (Å²) >= 11 is 0. The third-order valence-corrected chi connectivity index (χ3v) is 9.26. The van der Waals surface area contributed by atoms with E-state index in [0.29, 0.717) is 0 Å². The molecule has 0 aliphatic rings. The van der Waals surface area contributed by atoms with Crippen LogP contribution in [0, 0.1) is 0 Å². The number of hydrogen-bond acceptors (Lipinski definition) is 1. The molecular formula is C18H20N2Si. The molecule has 0 aliphatic heterocycles. The fourth-order valence-corrected chi connectivity index (χ4v) is 7.29. The van der Waals surface area contributed by atoms with Gasteiger partial charge in [-0.1, -0.05) is 84.0 Å². The van der Waals surface area contributed by atoms with Gasteiger partial charge in [0.15, 0.2) is 0 Å². The molecular weight excluding hydrogens is 272 g/mol. The first kappa shape index (κ1) is 13.8. The van der Waals surface area contributed by atoms with Crippen LogP contribution in [0.4, 0.5) is 0 Å². The second-order valence-electron chi connectivity index (χ2n) is 5.40. The van der Waals surface area contributed by atoms with Crippen LogP contribution in [0.2, 0.25) is 6.04 Å². The highest BCUT2D eigenvalue weighted by Crippen LogP contribution is 2.14. The zero-order valence-corrected chi connectivity index (χ0v) is 13.3. The van der Waals surface area contributed by atoms with E-state index in [1.165, 1.54) is 16.4 Å². The lowest BCUT2D eigenvalue weighted by molar-refractivity contribution is 0.852. The Hall–Kier alpha value is -2.13. The molecule has 0 aliphatic carbocycles. The Kier molecular flexibility index (Phi) is 4.02. The van der Waals surface area contributed by atoms with Crippen LogP contribution < -0.4 is 10.4 Å². The molecule has 0 unspecified atom stereocenters. The summed E-state index contributed by atoms with van der Waals surface area (Å²) in [6, 6.07) is 23.2. The minimum absolute atomic E-state index is 1.04. The van der Waals surface area contributed by atoms with Gasteiger partial charge in [-0.25, -0.2) is 4.98 Å². The molecule has 2 aromatic carbocycles. The topological polar surface area (TPSA) is 17.8 Å². The molecule has 0 fully saturated rings. The van der Waals surface area contributed by atoms with Crippen LogP contribution in [0.3, 0.4) is 0 Å². The zero-order valence-electron chi connectivity index (χ0n) is 12.3. The summed E-state index contributed by atoms with van der Waals surface area (Å²) in [4.78, 5) is 4.21. The van der Waals surface area contributed by atoms with E-state index in [2.05, 4.69) is 83.3 Å². The van der Waals surface area contributed by atoms with Crippen molar-refractivity contribution in [2.75, 3.05) is 0 Å². The third-order valence-electron chi connectivity index (χ3n) is 4.27. The standard InChI is InChI=1S/C18H20N2Si/c1-2-21(16-20-14-13-19-15-20,17-9-5-3-6-10-17)18-11-7-4-8-12-18/h3-15H,2,16H2,1H3. The maximum Gasteiger partial charge on any atom is 0.137 e. The third kappa shape index (κ3) is 2.69. The largest absolute Gasteiger partial charge is 0.340 e. The molecule has 0 amide bonds. The number of benzene rings is 2. The van der Waals surface area contributed by atoms with E-state index in [4.69, 9.17) is 0 Å². The molecule has 0 bridgehead atoms. The highest BCUT2D eigenvalue weighted by molar-refractivity contribution is 7.01. The number of imidazole rings is 1. The Balaban J connectivity index is 2.13. The van der Waals surface area contributed by atoms with Gasteiger partial charge in [-0.05, 0) is 0 Å². The Bertz CT molecular complexity index is 623. The van der Waals surface area contributed by atoms with Crippen molar-refractivity contribution in [1.82, 2.24) is 9.55 Å². The molecule has 0 saturated carbocycles. The van der Waals surface area contributed by atoms with Crippen LogP contribution in [-0.4, -0.2) is 17.6 Å². The van der Waals surface area contributed by atoms with E-state index in [1.807, 2.05) is 12.5 Å². The van der Waals surface area contributed by atoms with Crippen LogP contribution in [0.25, 0.3) is 0 Å². The van der Waals surface area contributed by atoms with Gasteiger partial charge >= 0.3 is 0 Å². The molecule has 1 heterocycles. The summed E-state index contributed by atoms with van der Waals surface area (Å²) in [5.41, 5.74) is 0. The van der Waals surface area contributed by atoms with Crippen LogP contribution >= 0.6 is 0 Å². The fraction of sp³-hybridized carbons (Fsp3) is 0.167. The van der Waals surface area contributed by atoms with Crippen molar-refractivity contribution in [3.63, 3.8) is 0 Å². The van der Waals surface area contributed by atoms with E-state index in [-0.39, 0.29) is 0 Å². The lowest BCUT2D eigenvalue weighted by Crippen LogP contribution is -2.60. The predicted octanol–water partition coefficient (Wildman–Crippen LogP) is 2.71. The van der Waals surface area contributed by atoms with Gasteiger partial charge in [0, 0.05) is 18.6 Å². The van der Waals surface area contributed by atoms with Crippen LogP contribution in [-0.2, 0) is 6.17 Å². The van der Waals surface area contributed by atoms with Gasteiger partial charge in [0.05, 0.1) is 6.33 Å². The van der Waals surface area contributed by atoms with Crippen LogP contribution in [0.15, 0.2) is 79.4 Å². The molecule has 3 rings (SSSR count). The van der Waals surface area contributed by atoms with Gasteiger partial charge in [-0.3, -0.25) is 0 Å². The molecule has 21 heavy (non-hydrogen) atoms. The van der Waals surface area contributed by atoms with Crippen molar-refractivity contribution in [3.05, 3.63) is 79.4 Å². The molecule has 2 nitrogen and oxygen atoms in total. The first-order valence-corrected chi connectivity index (χ1v) is 9.83. The summed E-state index contributed by atoms with van der Waals surface area (Å²) in [5, 5.41) is 2.99. The van der Waals surface area contributed by atoms with E-state index in [1.54, 1.807) is 0 Å². The van der Waals surface area contributed by atoms with E-state index in [9.17, 15) is 0 Å². The Morgan fingerprint density at radius 3 is 1.90 bits per heavy atom. The van der Waals surface area contributed by atoms with Gasteiger partial charge < -0.3 is 4.57 Å². The van der Waals surface area contributed by atoms with Gasteiger partial charge in [0.2, 0.25) is 0 Å². The van der Waals surface area contributed by atoms with Gasteiger partial charge in [-0.15, -0.1) is 0 Å². The summed E-state index contributed by atoms with van der Waals surface area (Å²) in [6.45, 7) is 2.32. The molecule has 0 N–H and O–H groups in total. The molecule has 3 aromatic rings. The van der Waals surface area contributed by atoms with Crippen molar-refractivity contribution in [3.8, 4) is 0 Å². The summed E-state index contributed by atoms with van der Waals surface area (Å²) < 4.78 is 2.23. The first-order chi connectivity index (χ1) is 10.3. The summed E-state index contributed by atoms with van der Waals surface area (Å²) in [5.74, 6) is 0. The van der Waals surface area contributed by atoms with Crippen molar-refractivity contribution >= 4 is 18.4 Å². The summed E-state index contributed by atoms with van der Waals surface area (Å²) in [7, 11) is -1.80. The molecule has 3 heteroatoms. The Labute approximate surface area is 127 Å². The quantitative estimate of drug-likeness (QED) is 0.661. The minimum Gasteiger partial charge on any atom is -0.340 e. The van der Waals surface area contributed by atoms with E-state index >= 15 is 0 Å². The molecule has 0 atom stereocenters. The second kappa shape index (κ2) is 6.10. The fourth-order valence-electron chi connectivity index (χ4n) is 3.08. The minimum atomic E-state index is -1.80. The SMILES string of the molecule is CC[Si](Cn1ccnc1)(c1ccccc1)c1ccccc1. The van der Waals surface area contributed by atoms with Crippen molar-refractivity contribution < 1.29 is 0 Å². The van der Waals surface area contributed by atoms with Crippen molar-refractivity contribution in [1.29, 1.82) is 0 Å². The van der Waals surface area contributed by atoms with Crippen molar-refractivity contribution in [2.24, 2.45) is 0 Å². The molecule has 0 saturated heterocycles. The van der Waals surface area contributed by atoms with Gasteiger partial charge in [-0.2, -0.15) is 0 Å². The normalized spacial score (nSPS) is 11.5. The lowest BCUT2D eigenvalue weighted by Gasteiger charge is -2.32. The van der Waals surface area contributed by atoms with E-state index < -0.39 is 8.07 Å². The molecule has 106 valence electrons. The molecule has 1 aromatic heterocycles. The number of rotatable bonds is 5. The summed E-state index contributed by atoms with van der Waals surface area (Å²) in [6.07, 6.45) is 6.91. The average Bonchev–Trinajstić information content (AvgIpc) is 3.07. The van der Waals surface area contributed by atoms with Crippen LogP contribution in [0.5, 0.6) is 0 Å². The molecule has 0 spiro atoms. The van der Waals surface area contributed by atoms with Crippen molar-refractivity contribution in [2.45, 2.75) is 19.1 Å². The maximum atomic E-state index is 4.21. The Morgan fingerprint density at radius 1 is 0.905 bits per heavy atom. The number of aromatic nitrogens is 2.